The molecule has 3 rings (SSSR count). The van der Waals surface area contributed by atoms with Gasteiger partial charge in [0.25, 0.3) is 15.9 Å². The summed E-state index contributed by atoms with van der Waals surface area (Å²) in [6.45, 7) is 2.65. The van der Waals surface area contributed by atoms with Crippen molar-refractivity contribution in [2.24, 2.45) is 0 Å². The van der Waals surface area contributed by atoms with Crippen LogP contribution in [-0.2, 0) is 16.6 Å². The summed E-state index contributed by atoms with van der Waals surface area (Å²) in [6, 6.07) is 15.5. The lowest BCUT2D eigenvalue weighted by atomic mass is 10.2. The van der Waals surface area contributed by atoms with Crippen LogP contribution in [0.3, 0.4) is 0 Å². The number of carbonyl (C=O) groups is 1. The Kier molecular flexibility index (Phi) is 7.19. The van der Waals surface area contributed by atoms with Crippen LogP contribution in [0.25, 0.3) is 0 Å². The van der Waals surface area contributed by atoms with Crippen molar-refractivity contribution >= 4 is 33.0 Å². The number of anilines is 1. The van der Waals surface area contributed by atoms with E-state index in [1.54, 1.807) is 36.8 Å². The summed E-state index contributed by atoms with van der Waals surface area (Å²) in [7, 11) is -0.891. The fraction of sp³-hybridized carbons (Fsp3) is 0.227. The quantitative estimate of drug-likeness (QED) is 0.523. The molecule has 2 aromatic carbocycles. The molecule has 1 N–H and O–H groups in total. The van der Waals surface area contributed by atoms with E-state index in [0.29, 0.717) is 23.8 Å². The molecule has 0 atom stereocenters. The number of ether oxygens (including phenoxy) is 2. The summed E-state index contributed by atoms with van der Waals surface area (Å²) in [4.78, 5) is 12.9. The van der Waals surface area contributed by atoms with Crippen molar-refractivity contribution in [3.8, 4) is 11.5 Å². The van der Waals surface area contributed by atoms with Gasteiger partial charge in [-0.3, -0.25) is 9.10 Å². The average molecular weight is 461 g/mol. The van der Waals surface area contributed by atoms with Crippen LogP contribution in [-0.4, -0.2) is 35.1 Å². The monoisotopic (exact) mass is 460 g/mol. The number of nitrogens with zero attached hydrogens (tertiary/aromatic N) is 1. The highest BCUT2D eigenvalue weighted by atomic mass is 32.2. The molecule has 31 heavy (non-hydrogen) atoms. The first kappa shape index (κ1) is 22.6. The topological polar surface area (TPSA) is 84.9 Å². The summed E-state index contributed by atoms with van der Waals surface area (Å²) in [6.07, 6.45) is 0. The van der Waals surface area contributed by atoms with Crippen LogP contribution in [0, 0.1) is 0 Å². The lowest BCUT2D eigenvalue weighted by molar-refractivity contribution is 0.0952. The number of rotatable bonds is 9. The molecule has 0 unspecified atom stereocenters. The van der Waals surface area contributed by atoms with E-state index in [1.807, 2.05) is 31.2 Å². The van der Waals surface area contributed by atoms with Gasteiger partial charge in [0.2, 0.25) is 0 Å². The van der Waals surface area contributed by atoms with Gasteiger partial charge in [0.15, 0.2) is 0 Å². The van der Waals surface area contributed by atoms with Crippen LogP contribution in [0.4, 0.5) is 5.69 Å². The van der Waals surface area contributed by atoms with Gasteiger partial charge in [-0.25, -0.2) is 8.42 Å². The van der Waals surface area contributed by atoms with Gasteiger partial charge in [-0.2, -0.15) is 0 Å². The Labute approximate surface area is 186 Å². The Morgan fingerprint density at radius 3 is 2.52 bits per heavy atom. The Morgan fingerprint density at radius 2 is 1.84 bits per heavy atom. The third kappa shape index (κ3) is 5.18. The van der Waals surface area contributed by atoms with Crippen molar-refractivity contribution < 1.29 is 22.7 Å². The fourth-order valence-corrected chi connectivity index (χ4v) is 5.43. The number of carbonyl (C=O) groups excluding carboxylic acids is 1. The average Bonchev–Trinajstić information content (AvgIpc) is 3.29. The van der Waals surface area contributed by atoms with Gasteiger partial charge < -0.3 is 14.8 Å². The van der Waals surface area contributed by atoms with E-state index in [-0.39, 0.29) is 16.3 Å². The predicted octanol–water partition coefficient (Wildman–Crippen LogP) is 3.91. The zero-order valence-corrected chi connectivity index (χ0v) is 19.1. The van der Waals surface area contributed by atoms with Gasteiger partial charge >= 0.3 is 0 Å². The Bertz CT molecular complexity index is 1140. The normalized spacial score (nSPS) is 11.1. The largest absolute Gasteiger partial charge is 0.497 e. The fourth-order valence-electron chi connectivity index (χ4n) is 2.92. The zero-order chi connectivity index (χ0) is 22.4. The first-order valence-electron chi connectivity index (χ1n) is 9.57. The molecule has 0 saturated carbocycles. The number of nitrogens with one attached hydrogen (secondary N) is 1. The Morgan fingerprint density at radius 1 is 1.10 bits per heavy atom. The van der Waals surface area contributed by atoms with Crippen LogP contribution in [0.1, 0.15) is 22.2 Å². The van der Waals surface area contributed by atoms with E-state index in [4.69, 9.17) is 9.47 Å². The molecule has 0 aliphatic rings. The van der Waals surface area contributed by atoms with Gasteiger partial charge in [0.05, 0.1) is 19.4 Å². The third-order valence-corrected chi connectivity index (χ3v) is 7.44. The highest BCUT2D eigenvalue weighted by Gasteiger charge is 2.28. The van der Waals surface area contributed by atoms with Gasteiger partial charge in [-0.1, -0.05) is 12.1 Å². The molecule has 1 aromatic heterocycles. The minimum atomic E-state index is -3.92. The SMILES string of the molecule is CCOc1ccc(N(C)S(=O)(=O)c2ccsc2C(=O)NCc2cccc(OC)c2)cc1. The van der Waals surface area contributed by atoms with Gasteiger partial charge in [-0.05, 0) is 60.3 Å². The van der Waals surface area contributed by atoms with Crippen molar-refractivity contribution in [1.29, 1.82) is 0 Å². The second-order valence-corrected chi connectivity index (χ2v) is 9.40. The number of hydrogen-bond donors (Lipinski definition) is 1. The Balaban J connectivity index is 1.77. The van der Waals surface area contributed by atoms with Crippen LogP contribution in [0.15, 0.2) is 64.9 Å². The minimum absolute atomic E-state index is 0.0305. The summed E-state index contributed by atoms with van der Waals surface area (Å²) in [5, 5.41) is 4.38. The highest BCUT2D eigenvalue weighted by Crippen LogP contribution is 2.29. The molecule has 7 nitrogen and oxygen atoms in total. The maximum absolute atomic E-state index is 13.2. The van der Waals surface area contributed by atoms with E-state index >= 15 is 0 Å². The van der Waals surface area contributed by atoms with Crippen LogP contribution >= 0.6 is 11.3 Å². The van der Waals surface area contributed by atoms with E-state index in [9.17, 15) is 13.2 Å². The molecule has 1 amide bonds. The number of thiophene rings is 1. The number of amides is 1. The van der Waals surface area contributed by atoms with E-state index < -0.39 is 15.9 Å². The van der Waals surface area contributed by atoms with Gasteiger partial charge in [-0.15, -0.1) is 11.3 Å². The summed E-state index contributed by atoms with van der Waals surface area (Å²) < 4.78 is 38.1. The third-order valence-electron chi connectivity index (χ3n) is 4.57. The molecule has 3 aromatic rings. The van der Waals surface area contributed by atoms with Gasteiger partial charge in [0.1, 0.15) is 21.3 Å². The molecule has 0 bridgehead atoms. The first-order valence-corrected chi connectivity index (χ1v) is 11.9. The predicted molar refractivity (Wildman–Crippen MR) is 122 cm³/mol. The summed E-state index contributed by atoms with van der Waals surface area (Å²) in [5.41, 5.74) is 1.32. The lowest BCUT2D eigenvalue weighted by Gasteiger charge is -2.20. The molecule has 0 aliphatic carbocycles. The molecule has 0 fully saturated rings. The molecule has 0 radical (unpaired) electrons. The second-order valence-electron chi connectivity index (χ2n) is 6.55. The van der Waals surface area contributed by atoms with Crippen molar-refractivity contribution in [1.82, 2.24) is 5.32 Å². The van der Waals surface area contributed by atoms with E-state index in [2.05, 4.69) is 5.32 Å². The molecule has 0 aliphatic heterocycles. The number of sulfonamides is 1. The van der Waals surface area contributed by atoms with Crippen LogP contribution in [0.2, 0.25) is 0 Å². The Hall–Kier alpha value is -3.04. The molecule has 0 spiro atoms. The summed E-state index contributed by atoms with van der Waals surface area (Å²) in [5.74, 6) is 0.893. The molecule has 9 heteroatoms. The minimum Gasteiger partial charge on any atom is -0.497 e. The van der Waals surface area contributed by atoms with E-state index in [0.717, 1.165) is 21.2 Å². The first-order chi connectivity index (χ1) is 14.9. The van der Waals surface area contributed by atoms with Crippen molar-refractivity contribution in [2.45, 2.75) is 18.4 Å². The maximum atomic E-state index is 13.2. The number of methoxy groups -OCH3 is 1. The van der Waals surface area contributed by atoms with Crippen molar-refractivity contribution in [3.05, 3.63) is 70.4 Å². The zero-order valence-electron chi connectivity index (χ0n) is 17.5. The number of hydrogen-bond acceptors (Lipinski definition) is 6. The lowest BCUT2D eigenvalue weighted by Crippen LogP contribution is -2.29. The highest BCUT2D eigenvalue weighted by molar-refractivity contribution is 7.93. The molecular weight excluding hydrogens is 436 g/mol. The number of benzene rings is 2. The molecule has 164 valence electrons. The molecule has 0 saturated heterocycles. The second kappa shape index (κ2) is 9.84. The maximum Gasteiger partial charge on any atom is 0.265 e. The van der Waals surface area contributed by atoms with Gasteiger partial charge in [0, 0.05) is 13.6 Å². The molecule has 1 heterocycles. The summed E-state index contributed by atoms with van der Waals surface area (Å²) >= 11 is 1.09. The van der Waals surface area contributed by atoms with Crippen molar-refractivity contribution in [3.63, 3.8) is 0 Å². The molecular formula is C22H24N2O5S2. The smallest absolute Gasteiger partial charge is 0.265 e. The van der Waals surface area contributed by atoms with Crippen molar-refractivity contribution in [2.75, 3.05) is 25.1 Å². The standard InChI is InChI=1S/C22H24N2O5S2/c1-4-29-18-10-8-17(9-11-18)24(2)31(26,27)20-12-13-30-21(20)22(25)23-15-16-6-5-7-19(14-16)28-3/h5-14H,4,15H2,1-3H3,(H,23,25). The van der Waals surface area contributed by atoms with Crippen LogP contribution in [0.5, 0.6) is 11.5 Å². The van der Waals surface area contributed by atoms with Crippen LogP contribution < -0.4 is 19.1 Å². The van der Waals surface area contributed by atoms with E-state index in [1.165, 1.54) is 13.1 Å².